The van der Waals surface area contributed by atoms with Gasteiger partial charge in [-0.05, 0) is 37.3 Å². The fourth-order valence-corrected chi connectivity index (χ4v) is 4.45. The first kappa shape index (κ1) is 16.3. The summed E-state index contributed by atoms with van der Waals surface area (Å²) in [6.45, 7) is 5.90. The monoisotopic (exact) mass is 358 g/mol. The Morgan fingerprint density at radius 3 is 2.76 bits per heavy atom. The number of thiophene rings is 1. The van der Waals surface area contributed by atoms with Gasteiger partial charge in [0, 0.05) is 18.0 Å². The van der Waals surface area contributed by atoms with Crippen LogP contribution in [0.4, 0.5) is 0 Å². The molecule has 7 heteroatoms. The third-order valence-corrected chi connectivity index (χ3v) is 6.32. The summed E-state index contributed by atoms with van der Waals surface area (Å²) in [5.41, 5.74) is 1.39. The van der Waals surface area contributed by atoms with E-state index in [1.165, 1.54) is 9.56 Å². The zero-order valence-corrected chi connectivity index (χ0v) is 15.4. The molecule has 3 aromatic rings. The first-order valence-electron chi connectivity index (χ1n) is 8.84. The molecule has 0 N–H and O–H groups in total. The van der Waals surface area contributed by atoms with Crippen LogP contribution in [0.2, 0.25) is 0 Å². The van der Waals surface area contributed by atoms with E-state index in [0.29, 0.717) is 11.4 Å². The van der Waals surface area contributed by atoms with E-state index in [-0.39, 0.29) is 18.0 Å². The number of aryl methyl sites for hydroxylation is 1. The quantitative estimate of drug-likeness (QED) is 0.723. The average Bonchev–Trinajstić information content (AvgIpc) is 3.16. The van der Waals surface area contributed by atoms with Crippen LogP contribution in [0.5, 0.6) is 0 Å². The second-order valence-corrected chi connectivity index (χ2v) is 8.04. The summed E-state index contributed by atoms with van der Waals surface area (Å²) in [7, 11) is 0. The first-order valence-corrected chi connectivity index (χ1v) is 9.66. The molecular weight excluding hydrogens is 336 g/mol. The number of hydrogen-bond donors (Lipinski definition) is 0. The maximum Gasteiger partial charge on any atom is 0.291 e. The Bertz CT molecular complexity index is 992. The van der Waals surface area contributed by atoms with E-state index in [9.17, 15) is 9.59 Å². The highest BCUT2D eigenvalue weighted by Gasteiger charge is 2.21. The highest BCUT2D eigenvalue weighted by molar-refractivity contribution is 7.19. The largest absolute Gasteiger partial charge is 0.341 e. The van der Waals surface area contributed by atoms with Crippen LogP contribution >= 0.6 is 11.3 Å². The van der Waals surface area contributed by atoms with Crippen molar-refractivity contribution in [3.05, 3.63) is 33.7 Å². The van der Waals surface area contributed by atoms with Crippen molar-refractivity contribution in [2.45, 2.75) is 39.7 Å². The van der Waals surface area contributed by atoms with Gasteiger partial charge in [-0.3, -0.25) is 14.0 Å². The average molecular weight is 358 g/mol. The van der Waals surface area contributed by atoms with Crippen molar-refractivity contribution >= 4 is 33.0 Å². The van der Waals surface area contributed by atoms with Crippen LogP contribution in [0.3, 0.4) is 0 Å². The lowest BCUT2D eigenvalue weighted by atomic mass is 9.99. The Morgan fingerprint density at radius 1 is 1.28 bits per heavy atom. The second-order valence-electron chi connectivity index (χ2n) is 6.87. The Labute approximate surface area is 149 Å². The zero-order chi connectivity index (χ0) is 17.6. The van der Waals surface area contributed by atoms with E-state index in [1.54, 1.807) is 17.7 Å². The fourth-order valence-electron chi connectivity index (χ4n) is 3.42. The van der Waals surface area contributed by atoms with Crippen molar-refractivity contribution in [3.8, 4) is 0 Å². The molecule has 0 atom stereocenters. The summed E-state index contributed by atoms with van der Waals surface area (Å²) in [4.78, 5) is 28.4. The molecule has 132 valence electrons. The summed E-state index contributed by atoms with van der Waals surface area (Å²) < 4.78 is 4.21. The SMILES string of the molecule is CCc1cc2c(cc3c(=O)n(CC(=O)N4CCC(C)CC4)ncn32)s1. The lowest BCUT2D eigenvalue weighted by molar-refractivity contribution is -0.133. The Kier molecular flexibility index (Phi) is 4.11. The summed E-state index contributed by atoms with van der Waals surface area (Å²) in [6.07, 6.45) is 4.69. The van der Waals surface area contributed by atoms with Crippen molar-refractivity contribution in [2.75, 3.05) is 13.1 Å². The smallest absolute Gasteiger partial charge is 0.291 e. The van der Waals surface area contributed by atoms with Crippen LogP contribution < -0.4 is 5.56 Å². The Balaban J connectivity index is 1.63. The van der Waals surface area contributed by atoms with Gasteiger partial charge in [-0.25, -0.2) is 4.68 Å². The number of amides is 1. The molecule has 0 radical (unpaired) electrons. The molecule has 1 saturated heterocycles. The third kappa shape index (κ3) is 2.86. The summed E-state index contributed by atoms with van der Waals surface area (Å²) in [6, 6.07) is 4.02. The predicted octanol–water partition coefficient (Wildman–Crippen LogP) is 2.53. The van der Waals surface area contributed by atoms with E-state index in [1.807, 2.05) is 15.4 Å². The van der Waals surface area contributed by atoms with E-state index in [0.717, 1.165) is 42.6 Å². The number of carbonyl (C=O) groups is 1. The molecule has 1 amide bonds. The minimum Gasteiger partial charge on any atom is -0.341 e. The summed E-state index contributed by atoms with van der Waals surface area (Å²) in [5.74, 6) is 0.649. The molecular formula is C18H22N4O2S. The second kappa shape index (κ2) is 6.29. The number of aromatic nitrogens is 3. The van der Waals surface area contributed by atoms with Crippen molar-refractivity contribution in [1.82, 2.24) is 19.1 Å². The van der Waals surface area contributed by atoms with Crippen molar-refractivity contribution in [1.29, 1.82) is 0 Å². The van der Waals surface area contributed by atoms with Crippen molar-refractivity contribution < 1.29 is 4.79 Å². The lowest BCUT2D eigenvalue weighted by Gasteiger charge is -2.30. The van der Waals surface area contributed by atoms with Crippen molar-refractivity contribution in [2.24, 2.45) is 5.92 Å². The first-order chi connectivity index (χ1) is 12.1. The molecule has 3 aromatic heterocycles. The highest BCUT2D eigenvalue weighted by Crippen LogP contribution is 2.28. The van der Waals surface area contributed by atoms with Crippen LogP contribution in [0.1, 0.15) is 31.6 Å². The molecule has 1 fully saturated rings. The van der Waals surface area contributed by atoms with Gasteiger partial charge in [0.1, 0.15) is 18.4 Å². The lowest BCUT2D eigenvalue weighted by Crippen LogP contribution is -2.41. The van der Waals surface area contributed by atoms with Crippen LogP contribution in [0.25, 0.3) is 15.7 Å². The van der Waals surface area contributed by atoms with Gasteiger partial charge >= 0.3 is 0 Å². The highest BCUT2D eigenvalue weighted by atomic mass is 32.1. The van der Waals surface area contributed by atoms with Crippen LogP contribution in [0, 0.1) is 5.92 Å². The van der Waals surface area contributed by atoms with E-state index < -0.39 is 0 Å². The number of rotatable bonds is 3. The van der Waals surface area contributed by atoms with Crippen LogP contribution in [0.15, 0.2) is 23.3 Å². The van der Waals surface area contributed by atoms with Crippen molar-refractivity contribution in [3.63, 3.8) is 0 Å². The minimum absolute atomic E-state index is 0.0166. The number of fused-ring (bicyclic) bond motifs is 3. The summed E-state index contributed by atoms with van der Waals surface area (Å²) in [5, 5.41) is 4.24. The fraction of sp³-hybridized carbons (Fsp3) is 0.500. The number of piperidine rings is 1. The van der Waals surface area contributed by atoms with Gasteiger partial charge in [-0.15, -0.1) is 11.3 Å². The van der Waals surface area contributed by atoms with E-state index in [4.69, 9.17) is 0 Å². The molecule has 0 aromatic carbocycles. The molecule has 6 nitrogen and oxygen atoms in total. The van der Waals surface area contributed by atoms with Crippen LogP contribution in [-0.4, -0.2) is 38.1 Å². The van der Waals surface area contributed by atoms with Gasteiger partial charge in [0.25, 0.3) is 5.56 Å². The minimum atomic E-state index is -0.206. The maximum atomic E-state index is 12.7. The molecule has 0 spiro atoms. The molecule has 4 rings (SSSR count). The van der Waals surface area contributed by atoms with E-state index in [2.05, 4.69) is 25.0 Å². The standard InChI is InChI=1S/C18H22N4O2S/c1-3-13-8-14-16(25-13)9-15-18(24)22(19-11-21(14)15)10-17(23)20-6-4-12(2)5-7-20/h8-9,11-12H,3-7,10H2,1-2H3. The Morgan fingerprint density at radius 2 is 2.04 bits per heavy atom. The maximum absolute atomic E-state index is 12.7. The summed E-state index contributed by atoms with van der Waals surface area (Å²) >= 11 is 1.70. The van der Waals surface area contributed by atoms with Gasteiger partial charge in [-0.1, -0.05) is 13.8 Å². The van der Waals surface area contributed by atoms with Gasteiger partial charge in [-0.2, -0.15) is 5.10 Å². The number of likely N-dealkylation sites (tertiary alicyclic amines) is 1. The Hall–Kier alpha value is -2.15. The normalized spacial score (nSPS) is 16.2. The topological polar surface area (TPSA) is 59.6 Å². The molecule has 4 heterocycles. The number of carbonyl (C=O) groups excluding carboxylic acids is 1. The zero-order valence-electron chi connectivity index (χ0n) is 14.6. The van der Waals surface area contributed by atoms with Gasteiger partial charge in [0.2, 0.25) is 5.91 Å². The number of hydrogen-bond acceptors (Lipinski definition) is 4. The van der Waals surface area contributed by atoms with Gasteiger partial charge in [0.15, 0.2) is 0 Å². The molecule has 0 bridgehead atoms. The molecule has 1 aliphatic heterocycles. The number of nitrogens with zero attached hydrogens (tertiary/aromatic N) is 4. The molecule has 25 heavy (non-hydrogen) atoms. The molecule has 0 aliphatic carbocycles. The molecule has 1 aliphatic rings. The molecule has 0 saturated carbocycles. The van der Waals surface area contributed by atoms with Gasteiger partial charge < -0.3 is 4.90 Å². The third-order valence-electron chi connectivity index (χ3n) is 5.11. The molecule has 0 unspecified atom stereocenters. The van der Waals surface area contributed by atoms with Crippen LogP contribution in [-0.2, 0) is 17.8 Å². The van der Waals surface area contributed by atoms with Gasteiger partial charge in [0.05, 0.1) is 10.2 Å². The predicted molar refractivity (Wildman–Crippen MR) is 99.2 cm³/mol. The van der Waals surface area contributed by atoms with E-state index >= 15 is 0 Å².